The molecule has 0 saturated heterocycles. The van der Waals surface area contributed by atoms with Crippen molar-refractivity contribution in [2.24, 2.45) is 0 Å². The third-order valence-corrected chi connectivity index (χ3v) is 6.14. The molecular weight excluding hydrogens is 374 g/mol. The summed E-state index contributed by atoms with van der Waals surface area (Å²) in [5, 5.41) is 0.778. The first kappa shape index (κ1) is 18.0. The van der Waals surface area contributed by atoms with E-state index in [9.17, 15) is 0 Å². The summed E-state index contributed by atoms with van der Waals surface area (Å²) in [6, 6.07) is 34.1. The van der Waals surface area contributed by atoms with Crippen molar-refractivity contribution in [1.82, 2.24) is 0 Å². The van der Waals surface area contributed by atoms with Crippen LogP contribution >= 0.6 is 11.6 Å². The van der Waals surface area contributed by atoms with Gasteiger partial charge >= 0.3 is 0 Å². The van der Waals surface area contributed by atoms with Gasteiger partial charge in [-0.2, -0.15) is 0 Å². The molecular formula is C27H22ClN. The van der Waals surface area contributed by atoms with Gasteiger partial charge in [-0.1, -0.05) is 74.0 Å². The van der Waals surface area contributed by atoms with Crippen LogP contribution in [0.5, 0.6) is 0 Å². The second-order valence-electron chi connectivity index (χ2n) is 8.05. The molecule has 0 heterocycles. The summed E-state index contributed by atoms with van der Waals surface area (Å²) in [4.78, 5) is 2.30. The summed E-state index contributed by atoms with van der Waals surface area (Å²) in [6.45, 7) is 4.58. The number of rotatable bonds is 3. The zero-order chi connectivity index (χ0) is 20.0. The van der Waals surface area contributed by atoms with Crippen molar-refractivity contribution in [1.29, 1.82) is 0 Å². The van der Waals surface area contributed by atoms with Gasteiger partial charge in [0, 0.05) is 27.5 Å². The Morgan fingerprint density at radius 2 is 1.10 bits per heavy atom. The van der Waals surface area contributed by atoms with E-state index in [1.165, 1.54) is 22.3 Å². The Morgan fingerprint density at radius 3 is 1.69 bits per heavy atom. The van der Waals surface area contributed by atoms with E-state index in [1.807, 2.05) is 6.07 Å². The minimum atomic E-state index is -0.0297. The average molecular weight is 396 g/mol. The maximum atomic E-state index is 6.37. The van der Waals surface area contributed by atoms with Crippen LogP contribution in [0.15, 0.2) is 97.1 Å². The molecule has 0 amide bonds. The number of hydrogen-bond donors (Lipinski definition) is 0. The first-order valence-electron chi connectivity index (χ1n) is 9.91. The van der Waals surface area contributed by atoms with Crippen molar-refractivity contribution in [3.63, 3.8) is 0 Å². The number of benzene rings is 4. The third kappa shape index (κ3) is 2.94. The molecule has 1 aliphatic carbocycles. The summed E-state index contributed by atoms with van der Waals surface area (Å²) in [5.41, 5.74) is 8.58. The molecule has 0 saturated carbocycles. The molecule has 5 rings (SSSR count). The molecule has 0 fully saturated rings. The highest BCUT2D eigenvalue weighted by Crippen LogP contribution is 2.51. The molecule has 4 aromatic carbocycles. The van der Waals surface area contributed by atoms with E-state index in [1.54, 1.807) is 0 Å². The van der Waals surface area contributed by atoms with Crippen LogP contribution in [0.2, 0.25) is 5.02 Å². The van der Waals surface area contributed by atoms with Crippen LogP contribution in [0.4, 0.5) is 17.1 Å². The van der Waals surface area contributed by atoms with Gasteiger partial charge in [0.1, 0.15) is 0 Å². The van der Waals surface area contributed by atoms with Crippen molar-refractivity contribution >= 4 is 28.7 Å². The lowest BCUT2D eigenvalue weighted by Gasteiger charge is -2.27. The van der Waals surface area contributed by atoms with Crippen molar-refractivity contribution in [3.05, 3.63) is 113 Å². The SMILES string of the molecule is CC1(C)c2ccc(Cl)cc2-c2cc(N(c3ccccc3)c3ccccc3)ccc21. The smallest absolute Gasteiger partial charge is 0.0468 e. The lowest BCUT2D eigenvalue weighted by molar-refractivity contribution is 0.660. The predicted molar refractivity (Wildman–Crippen MR) is 124 cm³/mol. The largest absolute Gasteiger partial charge is 0.310 e. The fraction of sp³-hybridized carbons (Fsp3) is 0.111. The van der Waals surface area contributed by atoms with Crippen molar-refractivity contribution in [2.45, 2.75) is 19.3 Å². The molecule has 1 aliphatic rings. The van der Waals surface area contributed by atoms with Crippen molar-refractivity contribution < 1.29 is 0 Å². The molecule has 0 spiro atoms. The summed E-state index contributed by atoms with van der Waals surface area (Å²) < 4.78 is 0. The Hall–Kier alpha value is -3.03. The van der Waals surface area contributed by atoms with E-state index in [-0.39, 0.29) is 5.41 Å². The van der Waals surface area contributed by atoms with Crippen LogP contribution in [0.25, 0.3) is 11.1 Å². The maximum Gasteiger partial charge on any atom is 0.0468 e. The highest BCUT2D eigenvalue weighted by molar-refractivity contribution is 6.31. The van der Waals surface area contributed by atoms with Gasteiger partial charge < -0.3 is 4.90 Å². The first-order chi connectivity index (χ1) is 14.1. The highest BCUT2D eigenvalue weighted by Gasteiger charge is 2.35. The van der Waals surface area contributed by atoms with Crippen LogP contribution < -0.4 is 4.90 Å². The zero-order valence-electron chi connectivity index (χ0n) is 16.6. The maximum absolute atomic E-state index is 6.37. The number of para-hydroxylation sites is 2. The predicted octanol–water partition coefficient (Wildman–Crippen LogP) is 8.12. The van der Waals surface area contributed by atoms with Gasteiger partial charge in [-0.15, -0.1) is 0 Å². The topological polar surface area (TPSA) is 3.24 Å². The molecule has 4 aromatic rings. The molecule has 0 aliphatic heterocycles. The van der Waals surface area contributed by atoms with E-state index in [0.29, 0.717) is 0 Å². The number of nitrogens with zero attached hydrogens (tertiary/aromatic N) is 1. The van der Waals surface area contributed by atoms with Gasteiger partial charge in [0.25, 0.3) is 0 Å². The van der Waals surface area contributed by atoms with Crippen molar-refractivity contribution in [3.8, 4) is 11.1 Å². The minimum absolute atomic E-state index is 0.0297. The fourth-order valence-electron chi connectivity index (χ4n) is 4.47. The summed E-state index contributed by atoms with van der Waals surface area (Å²) in [5.74, 6) is 0. The average Bonchev–Trinajstić information content (AvgIpc) is 2.96. The number of fused-ring (bicyclic) bond motifs is 3. The lowest BCUT2D eigenvalue weighted by Crippen LogP contribution is -2.15. The second-order valence-corrected chi connectivity index (χ2v) is 8.49. The number of hydrogen-bond acceptors (Lipinski definition) is 1. The molecule has 29 heavy (non-hydrogen) atoms. The van der Waals surface area contributed by atoms with E-state index in [2.05, 4.69) is 110 Å². The lowest BCUT2D eigenvalue weighted by atomic mass is 9.82. The number of anilines is 3. The summed E-state index contributed by atoms with van der Waals surface area (Å²) in [6.07, 6.45) is 0. The molecule has 1 nitrogen and oxygen atoms in total. The van der Waals surface area contributed by atoms with E-state index >= 15 is 0 Å². The first-order valence-corrected chi connectivity index (χ1v) is 10.3. The monoisotopic (exact) mass is 395 g/mol. The van der Waals surface area contributed by atoms with Crippen LogP contribution in [0.3, 0.4) is 0 Å². The van der Waals surface area contributed by atoms with Gasteiger partial charge in [0.05, 0.1) is 0 Å². The van der Waals surface area contributed by atoms with E-state index in [0.717, 1.165) is 22.1 Å². The van der Waals surface area contributed by atoms with Gasteiger partial charge in [0.15, 0.2) is 0 Å². The normalized spacial score (nSPS) is 13.6. The Morgan fingerprint density at radius 1 is 0.586 bits per heavy atom. The van der Waals surface area contributed by atoms with Crippen molar-refractivity contribution in [2.75, 3.05) is 4.90 Å². The standard InChI is InChI=1S/C27H22ClN/c1-27(2)25-15-13-19(28)17-23(25)24-18-22(14-16-26(24)27)29(20-9-5-3-6-10-20)21-11-7-4-8-12-21/h3-18H,1-2H3. The molecule has 0 atom stereocenters. The fourth-order valence-corrected chi connectivity index (χ4v) is 4.64. The Balaban J connectivity index is 1.72. The Kier molecular flexibility index (Phi) is 4.22. The highest BCUT2D eigenvalue weighted by atomic mass is 35.5. The second kappa shape index (κ2) is 6.79. The van der Waals surface area contributed by atoms with Crippen LogP contribution in [0.1, 0.15) is 25.0 Å². The van der Waals surface area contributed by atoms with E-state index < -0.39 is 0 Å². The molecule has 0 bridgehead atoms. The molecule has 142 valence electrons. The molecule has 0 N–H and O–H groups in total. The summed E-state index contributed by atoms with van der Waals surface area (Å²) in [7, 11) is 0. The number of halogens is 1. The molecule has 0 aromatic heterocycles. The van der Waals surface area contributed by atoms with Gasteiger partial charge in [0.2, 0.25) is 0 Å². The Labute approximate surface area is 177 Å². The molecule has 0 radical (unpaired) electrons. The minimum Gasteiger partial charge on any atom is -0.310 e. The molecule has 2 heteroatoms. The molecule has 0 unspecified atom stereocenters. The van der Waals surface area contributed by atoms with E-state index in [4.69, 9.17) is 11.6 Å². The summed E-state index contributed by atoms with van der Waals surface area (Å²) >= 11 is 6.37. The van der Waals surface area contributed by atoms with Crippen LogP contribution in [-0.2, 0) is 5.41 Å². The quantitative estimate of drug-likeness (QED) is 0.338. The Bertz CT molecular complexity index is 1140. The van der Waals surface area contributed by atoms with Gasteiger partial charge in [-0.05, 0) is 70.8 Å². The van der Waals surface area contributed by atoms with Gasteiger partial charge in [-0.25, -0.2) is 0 Å². The van der Waals surface area contributed by atoms with Gasteiger partial charge in [-0.3, -0.25) is 0 Å². The zero-order valence-corrected chi connectivity index (χ0v) is 17.3. The third-order valence-electron chi connectivity index (χ3n) is 5.91. The van der Waals surface area contributed by atoms with Crippen LogP contribution in [0, 0.1) is 0 Å². The van der Waals surface area contributed by atoms with Crippen LogP contribution in [-0.4, -0.2) is 0 Å².